The summed E-state index contributed by atoms with van der Waals surface area (Å²) in [6.07, 6.45) is 0. The van der Waals surface area contributed by atoms with Gasteiger partial charge in [-0.3, -0.25) is 0 Å². The second-order valence-electron chi connectivity index (χ2n) is 4.87. The number of hydrogen-bond donors (Lipinski definition) is 1. The van der Waals surface area contributed by atoms with Crippen molar-refractivity contribution in [3.05, 3.63) is 59.7 Å². The third kappa shape index (κ3) is 3.52. The molecule has 0 aliphatic carbocycles. The number of ether oxygens (including phenoxy) is 1. The van der Waals surface area contributed by atoms with Gasteiger partial charge in [-0.25, -0.2) is 0 Å². The smallest absolute Gasteiger partial charge is 0.123 e. The van der Waals surface area contributed by atoms with Gasteiger partial charge in [-0.05, 0) is 24.6 Å². The van der Waals surface area contributed by atoms with Crippen molar-refractivity contribution >= 4 is 5.69 Å². The Kier molecular flexibility index (Phi) is 5.02. The molecule has 0 fully saturated rings. The average molecular weight is 270 g/mol. The molecule has 2 aromatic rings. The molecule has 0 amide bonds. The summed E-state index contributed by atoms with van der Waals surface area (Å²) in [5, 5.41) is 0. The van der Waals surface area contributed by atoms with Crippen molar-refractivity contribution in [1.82, 2.24) is 0 Å². The van der Waals surface area contributed by atoms with E-state index in [2.05, 4.69) is 43.1 Å². The first kappa shape index (κ1) is 14.4. The van der Waals surface area contributed by atoms with Crippen LogP contribution in [0.2, 0.25) is 0 Å². The first-order valence-corrected chi connectivity index (χ1v) is 6.90. The summed E-state index contributed by atoms with van der Waals surface area (Å²) in [7, 11) is 2.08. The maximum absolute atomic E-state index is 5.84. The zero-order chi connectivity index (χ0) is 14.4. The largest absolute Gasteiger partial charge is 0.491 e. The van der Waals surface area contributed by atoms with E-state index in [1.807, 2.05) is 24.3 Å². The molecule has 0 saturated carbocycles. The van der Waals surface area contributed by atoms with Crippen LogP contribution in [-0.2, 0) is 6.54 Å². The highest BCUT2D eigenvalue weighted by atomic mass is 16.5. The standard InChI is InChI=1S/C17H22N2O/c1-14-7-3-5-9-16(14)19(2)11-12-20-17-10-6-4-8-15(17)13-18/h3-10H,11-13,18H2,1-2H3. The summed E-state index contributed by atoms with van der Waals surface area (Å²) in [4.78, 5) is 2.21. The molecule has 0 saturated heterocycles. The van der Waals surface area contributed by atoms with Crippen molar-refractivity contribution in [1.29, 1.82) is 0 Å². The van der Waals surface area contributed by atoms with E-state index in [0.29, 0.717) is 13.2 Å². The summed E-state index contributed by atoms with van der Waals surface area (Å²) in [5.74, 6) is 0.883. The van der Waals surface area contributed by atoms with E-state index in [1.54, 1.807) is 0 Å². The van der Waals surface area contributed by atoms with Crippen LogP contribution in [0.15, 0.2) is 48.5 Å². The fourth-order valence-electron chi connectivity index (χ4n) is 2.22. The zero-order valence-electron chi connectivity index (χ0n) is 12.2. The molecule has 0 aromatic heterocycles. The first-order chi connectivity index (χ1) is 9.72. The van der Waals surface area contributed by atoms with Crippen molar-refractivity contribution in [2.75, 3.05) is 25.1 Å². The van der Waals surface area contributed by atoms with Crippen LogP contribution < -0.4 is 15.4 Å². The highest BCUT2D eigenvalue weighted by Crippen LogP contribution is 2.19. The van der Waals surface area contributed by atoms with Crippen LogP contribution in [0, 0.1) is 6.92 Å². The number of benzene rings is 2. The van der Waals surface area contributed by atoms with E-state index in [1.165, 1.54) is 11.3 Å². The van der Waals surface area contributed by atoms with Crippen LogP contribution in [0.1, 0.15) is 11.1 Å². The van der Waals surface area contributed by atoms with Crippen molar-refractivity contribution < 1.29 is 4.74 Å². The van der Waals surface area contributed by atoms with E-state index in [4.69, 9.17) is 10.5 Å². The molecule has 3 heteroatoms. The van der Waals surface area contributed by atoms with E-state index in [0.717, 1.165) is 17.9 Å². The quantitative estimate of drug-likeness (QED) is 0.877. The molecule has 0 atom stereocenters. The van der Waals surface area contributed by atoms with Gasteiger partial charge in [0.2, 0.25) is 0 Å². The number of rotatable bonds is 6. The summed E-state index contributed by atoms with van der Waals surface area (Å²) in [6.45, 7) is 4.10. The number of nitrogens with zero attached hydrogens (tertiary/aromatic N) is 1. The van der Waals surface area contributed by atoms with Crippen LogP contribution in [0.25, 0.3) is 0 Å². The topological polar surface area (TPSA) is 38.5 Å². The number of anilines is 1. The zero-order valence-corrected chi connectivity index (χ0v) is 12.2. The molecule has 2 N–H and O–H groups in total. The van der Waals surface area contributed by atoms with E-state index in [9.17, 15) is 0 Å². The molecule has 20 heavy (non-hydrogen) atoms. The highest BCUT2D eigenvalue weighted by molar-refractivity contribution is 5.52. The molecule has 0 aliphatic rings. The fourth-order valence-corrected chi connectivity index (χ4v) is 2.22. The summed E-state index contributed by atoms with van der Waals surface area (Å²) < 4.78 is 5.84. The monoisotopic (exact) mass is 270 g/mol. The van der Waals surface area contributed by atoms with Gasteiger partial charge in [0.1, 0.15) is 12.4 Å². The molecule has 2 aromatic carbocycles. The molecule has 0 bridgehead atoms. The molecular weight excluding hydrogens is 248 g/mol. The molecular formula is C17H22N2O. The molecule has 0 spiro atoms. The van der Waals surface area contributed by atoms with Crippen LogP contribution in [0.5, 0.6) is 5.75 Å². The lowest BCUT2D eigenvalue weighted by atomic mass is 10.2. The Hall–Kier alpha value is -2.00. The van der Waals surface area contributed by atoms with Gasteiger partial charge >= 0.3 is 0 Å². The van der Waals surface area contributed by atoms with Gasteiger partial charge in [0.05, 0.1) is 6.54 Å². The maximum Gasteiger partial charge on any atom is 0.123 e. The van der Waals surface area contributed by atoms with Crippen molar-refractivity contribution in [3.8, 4) is 5.75 Å². The lowest BCUT2D eigenvalue weighted by molar-refractivity contribution is 0.322. The van der Waals surface area contributed by atoms with Gasteiger partial charge in [0, 0.05) is 24.8 Å². The normalized spacial score (nSPS) is 10.3. The molecule has 0 radical (unpaired) electrons. The van der Waals surface area contributed by atoms with Gasteiger partial charge in [0.25, 0.3) is 0 Å². The van der Waals surface area contributed by atoms with Crippen LogP contribution in [-0.4, -0.2) is 20.2 Å². The Morgan fingerprint density at radius 3 is 2.50 bits per heavy atom. The second-order valence-corrected chi connectivity index (χ2v) is 4.87. The number of para-hydroxylation sites is 2. The highest BCUT2D eigenvalue weighted by Gasteiger charge is 2.05. The van der Waals surface area contributed by atoms with Crippen LogP contribution in [0.3, 0.4) is 0 Å². The molecule has 3 nitrogen and oxygen atoms in total. The van der Waals surface area contributed by atoms with Crippen LogP contribution >= 0.6 is 0 Å². The summed E-state index contributed by atoms with van der Waals surface area (Å²) in [5.41, 5.74) is 9.26. The summed E-state index contributed by atoms with van der Waals surface area (Å²) >= 11 is 0. The van der Waals surface area contributed by atoms with E-state index >= 15 is 0 Å². The van der Waals surface area contributed by atoms with Gasteiger partial charge < -0.3 is 15.4 Å². The fraction of sp³-hybridized carbons (Fsp3) is 0.294. The third-order valence-electron chi connectivity index (χ3n) is 3.40. The Morgan fingerprint density at radius 2 is 1.75 bits per heavy atom. The second kappa shape index (κ2) is 6.96. The number of aryl methyl sites for hydroxylation is 1. The van der Waals surface area contributed by atoms with E-state index < -0.39 is 0 Å². The minimum Gasteiger partial charge on any atom is -0.491 e. The predicted octanol–water partition coefficient (Wildman–Crippen LogP) is 2.97. The summed E-state index contributed by atoms with van der Waals surface area (Å²) in [6, 6.07) is 16.3. The van der Waals surface area contributed by atoms with E-state index in [-0.39, 0.29) is 0 Å². The molecule has 106 valence electrons. The lowest BCUT2D eigenvalue weighted by Gasteiger charge is -2.21. The average Bonchev–Trinajstić information content (AvgIpc) is 2.48. The minimum atomic E-state index is 0.504. The number of nitrogens with two attached hydrogens (primary N) is 1. The van der Waals surface area contributed by atoms with Crippen molar-refractivity contribution in [2.24, 2.45) is 5.73 Å². The Balaban J connectivity index is 1.91. The van der Waals surface area contributed by atoms with Gasteiger partial charge in [-0.1, -0.05) is 36.4 Å². The number of likely N-dealkylation sites (N-methyl/N-ethyl adjacent to an activating group) is 1. The molecule has 0 unspecified atom stereocenters. The van der Waals surface area contributed by atoms with Gasteiger partial charge in [-0.2, -0.15) is 0 Å². The SMILES string of the molecule is Cc1ccccc1N(C)CCOc1ccccc1CN. The Labute approximate surface area is 121 Å². The van der Waals surface area contributed by atoms with Gasteiger partial charge in [-0.15, -0.1) is 0 Å². The Morgan fingerprint density at radius 1 is 1.05 bits per heavy atom. The lowest BCUT2D eigenvalue weighted by Crippen LogP contribution is -2.24. The molecule has 2 rings (SSSR count). The number of hydrogen-bond acceptors (Lipinski definition) is 3. The molecule has 0 heterocycles. The minimum absolute atomic E-state index is 0.504. The van der Waals surface area contributed by atoms with Crippen molar-refractivity contribution in [3.63, 3.8) is 0 Å². The third-order valence-corrected chi connectivity index (χ3v) is 3.40. The first-order valence-electron chi connectivity index (χ1n) is 6.90. The Bertz CT molecular complexity index is 554. The van der Waals surface area contributed by atoms with Crippen molar-refractivity contribution in [2.45, 2.75) is 13.5 Å². The van der Waals surface area contributed by atoms with Gasteiger partial charge in [0.15, 0.2) is 0 Å². The maximum atomic E-state index is 5.84. The predicted molar refractivity (Wildman–Crippen MR) is 84.3 cm³/mol. The van der Waals surface area contributed by atoms with Crippen LogP contribution in [0.4, 0.5) is 5.69 Å². The molecule has 0 aliphatic heterocycles.